The van der Waals surface area contributed by atoms with Gasteiger partial charge in [0.15, 0.2) is 0 Å². The van der Waals surface area contributed by atoms with Crippen molar-refractivity contribution in [2.24, 2.45) is 0 Å². The van der Waals surface area contributed by atoms with Crippen LogP contribution in [0.5, 0.6) is 0 Å². The molecule has 0 aromatic rings. The molecule has 0 aromatic carbocycles. The van der Waals surface area contributed by atoms with Crippen LogP contribution in [0, 0.1) is 0 Å². The topological polar surface area (TPSA) is 55.8 Å². The molecular weight excluding hydrogens is 677 g/mol. The zero-order valence-electron chi connectivity index (χ0n) is 37.2. The summed E-state index contributed by atoms with van der Waals surface area (Å²) in [5.74, 6) is -0.198. The van der Waals surface area contributed by atoms with Crippen LogP contribution in [0.4, 0.5) is 0 Å². The molecule has 0 heterocycles. The van der Waals surface area contributed by atoms with Crippen LogP contribution in [0.15, 0.2) is 36.5 Å². The van der Waals surface area contributed by atoms with Gasteiger partial charge in [0.1, 0.15) is 6.10 Å². The van der Waals surface area contributed by atoms with Crippen LogP contribution < -0.4 is 0 Å². The van der Waals surface area contributed by atoms with E-state index in [2.05, 4.69) is 50.3 Å². The summed E-state index contributed by atoms with van der Waals surface area (Å²) >= 11 is 0. The van der Waals surface area contributed by atoms with E-state index in [1.54, 1.807) is 0 Å². The maximum atomic E-state index is 12.2. The van der Waals surface area contributed by atoms with Crippen LogP contribution in [0.3, 0.4) is 0 Å². The number of rotatable bonds is 46. The van der Waals surface area contributed by atoms with Crippen molar-refractivity contribution in [2.75, 3.05) is 19.8 Å². The first kappa shape index (κ1) is 53.6. The summed E-state index contributed by atoms with van der Waals surface area (Å²) < 4.78 is 11.2. The zero-order chi connectivity index (χ0) is 39.8. The zero-order valence-corrected chi connectivity index (χ0v) is 37.2. The molecule has 4 nitrogen and oxygen atoms in total. The van der Waals surface area contributed by atoms with Gasteiger partial charge in [-0.05, 0) is 51.4 Å². The largest absolute Gasteiger partial charge is 0.457 e. The number of hydrogen-bond acceptors (Lipinski definition) is 4. The van der Waals surface area contributed by atoms with Gasteiger partial charge < -0.3 is 14.6 Å². The Labute approximate surface area is 344 Å². The standard InChI is InChI=1S/C51H96O4/c1-3-5-7-9-11-13-15-17-19-21-23-24-25-26-27-29-31-33-35-37-39-41-43-45-47-54-49-50(48-52)55-51(53)46-44-42-40-38-36-34-32-30-28-22-20-18-16-14-12-10-8-6-4-2/h15,17,21,23,25-26,50,52H,3-14,16,18-20,22,24,27-49H2,1-2H3/b17-15-,23-21-,26-25-. The number of unbranched alkanes of at least 4 members (excludes halogenated alkanes) is 32. The lowest BCUT2D eigenvalue weighted by Gasteiger charge is -2.16. The highest BCUT2D eigenvalue weighted by Crippen LogP contribution is 2.16. The van der Waals surface area contributed by atoms with Crippen LogP contribution in [0.25, 0.3) is 0 Å². The molecule has 0 bridgehead atoms. The van der Waals surface area contributed by atoms with E-state index >= 15 is 0 Å². The third-order valence-corrected chi connectivity index (χ3v) is 11.0. The van der Waals surface area contributed by atoms with Crippen molar-refractivity contribution in [3.05, 3.63) is 36.5 Å². The number of ether oxygens (including phenoxy) is 2. The van der Waals surface area contributed by atoms with Gasteiger partial charge >= 0.3 is 5.97 Å². The van der Waals surface area contributed by atoms with Crippen LogP contribution in [0.1, 0.15) is 258 Å². The quantitative estimate of drug-likeness (QED) is 0.0380. The second-order valence-corrected chi connectivity index (χ2v) is 16.5. The molecule has 4 heteroatoms. The lowest BCUT2D eigenvalue weighted by molar-refractivity contribution is -0.154. The van der Waals surface area contributed by atoms with E-state index in [4.69, 9.17) is 9.47 Å². The van der Waals surface area contributed by atoms with Gasteiger partial charge in [0.25, 0.3) is 0 Å². The molecule has 0 aliphatic heterocycles. The summed E-state index contributed by atoms with van der Waals surface area (Å²) in [5, 5.41) is 9.64. The normalized spacial score (nSPS) is 12.6. The summed E-state index contributed by atoms with van der Waals surface area (Å²) in [7, 11) is 0. The van der Waals surface area contributed by atoms with Crippen molar-refractivity contribution in [3.8, 4) is 0 Å². The van der Waals surface area contributed by atoms with Crippen LogP contribution in [0.2, 0.25) is 0 Å². The predicted octanol–water partition coefficient (Wildman–Crippen LogP) is 16.4. The van der Waals surface area contributed by atoms with E-state index in [-0.39, 0.29) is 12.6 Å². The van der Waals surface area contributed by atoms with Gasteiger partial charge in [-0.3, -0.25) is 4.79 Å². The summed E-state index contributed by atoms with van der Waals surface area (Å²) in [6, 6.07) is 0. The molecule has 1 atom stereocenters. The molecule has 324 valence electrons. The molecule has 0 aliphatic rings. The Morgan fingerprint density at radius 1 is 0.436 bits per heavy atom. The second kappa shape index (κ2) is 48.8. The van der Waals surface area contributed by atoms with Crippen molar-refractivity contribution in [3.63, 3.8) is 0 Å². The molecular formula is C51H96O4. The smallest absolute Gasteiger partial charge is 0.306 e. The Kier molecular flexibility index (Phi) is 47.5. The minimum Gasteiger partial charge on any atom is -0.457 e. The maximum absolute atomic E-state index is 12.2. The number of carbonyl (C=O) groups is 1. The highest BCUT2D eigenvalue weighted by atomic mass is 16.6. The van der Waals surface area contributed by atoms with Crippen LogP contribution >= 0.6 is 0 Å². The number of allylic oxidation sites excluding steroid dienone is 6. The Bertz CT molecular complexity index is 818. The Hall–Kier alpha value is -1.39. The van der Waals surface area contributed by atoms with Crippen molar-refractivity contribution in [1.29, 1.82) is 0 Å². The average Bonchev–Trinajstić information content (AvgIpc) is 3.19. The SMILES string of the molecule is CCCCCCC/C=C\C/C=C\C/C=C\CCCCCCCCCCCOCC(CO)OC(=O)CCCCCCCCCCCCCCCCCCCCC. The molecule has 1 N–H and O–H groups in total. The third-order valence-electron chi connectivity index (χ3n) is 11.0. The van der Waals surface area contributed by atoms with E-state index in [0.717, 1.165) is 32.1 Å². The molecule has 0 saturated heterocycles. The molecule has 0 aromatic heterocycles. The molecule has 0 spiro atoms. The molecule has 0 rings (SSSR count). The summed E-state index contributed by atoms with van der Waals surface area (Å²) in [6.45, 7) is 5.36. The summed E-state index contributed by atoms with van der Waals surface area (Å²) in [5.41, 5.74) is 0. The number of aliphatic hydroxyl groups is 1. The van der Waals surface area contributed by atoms with Gasteiger partial charge in [0.2, 0.25) is 0 Å². The highest BCUT2D eigenvalue weighted by Gasteiger charge is 2.13. The van der Waals surface area contributed by atoms with E-state index in [1.807, 2.05) is 0 Å². The number of carbonyl (C=O) groups excluding carboxylic acids is 1. The Balaban J connectivity index is 3.40. The monoisotopic (exact) mass is 773 g/mol. The first-order valence-corrected chi connectivity index (χ1v) is 24.6. The molecule has 0 amide bonds. The number of aliphatic hydroxyl groups excluding tert-OH is 1. The lowest BCUT2D eigenvalue weighted by Crippen LogP contribution is -2.27. The molecule has 1 unspecified atom stereocenters. The summed E-state index contributed by atoms with van der Waals surface area (Å²) in [6.07, 6.45) is 62.2. The van der Waals surface area contributed by atoms with Gasteiger partial charge in [-0.25, -0.2) is 0 Å². The van der Waals surface area contributed by atoms with Crippen molar-refractivity contribution in [2.45, 2.75) is 264 Å². The van der Waals surface area contributed by atoms with Crippen molar-refractivity contribution < 1.29 is 19.4 Å². The van der Waals surface area contributed by atoms with Crippen LogP contribution in [-0.2, 0) is 14.3 Å². The van der Waals surface area contributed by atoms with E-state index in [0.29, 0.717) is 19.6 Å². The van der Waals surface area contributed by atoms with Gasteiger partial charge in [0.05, 0.1) is 13.2 Å². The fraction of sp³-hybridized carbons (Fsp3) is 0.863. The van der Waals surface area contributed by atoms with Crippen molar-refractivity contribution in [1.82, 2.24) is 0 Å². The third kappa shape index (κ3) is 46.9. The first-order chi connectivity index (χ1) is 27.2. The Morgan fingerprint density at radius 2 is 0.764 bits per heavy atom. The van der Waals surface area contributed by atoms with Gasteiger partial charge in [0, 0.05) is 13.0 Å². The minimum atomic E-state index is -0.535. The predicted molar refractivity (Wildman–Crippen MR) is 242 cm³/mol. The van der Waals surface area contributed by atoms with E-state index in [1.165, 1.54) is 205 Å². The summed E-state index contributed by atoms with van der Waals surface area (Å²) in [4.78, 5) is 12.2. The number of esters is 1. The van der Waals surface area contributed by atoms with E-state index in [9.17, 15) is 9.90 Å². The second-order valence-electron chi connectivity index (χ2n) is 16.5. The lowest BCUT2D eigenvalue weighted by atomic mass is 10.0. The average molecular weight is 773 g/mol. The van der Waals surface area contributed by atoms with Gasteiger partial charge in [-0.1, -0.05) is 237 Å². The fourth-order valence-corrected chi connectivity index (χ4v) is 7.28. The molecule has 0 saturated carbocycles. The maximum Gasteiger partial charge on any atom is 0.306 e. The highest BCUT2D eigenvalue weighted by molar-refractivity contribution is 5.69. The minimum absolute atomic E-state index is 0.171. The Morgan fingerprint density at radius 3 is 1.15 bits per heavy atom. The molecule has 0 aliphatic carbocycles. The molecule has 55 heavy (non-hydrogen) atoms. The van der Waals surface area contributed by atoms with Crippen LogP contribution in [-0.4, -0.2) is 37.0 Å². The fourth-order valence-electron chi connectivity index (χ4n) is 7.28. The van der Waals surface area contributed by atoms with Crippen molar-refractivity contribution >= 4 is 5.97 Å². The van der Waals surface area contributed by atoms with Gasteiger partial charge in [-0.15, -0.1) is 0 Å². The first-order valence-electron chi connectivity index (χ1n) is 24.6. The molecule has 0 fully saturated rings. The number of hydrogen-bond donors (Lipinski definition) is 1. The van der Waals surface area contributed by atoms with Gasteiger partial charge in [-0.2, -0.15) is 0 Å². The van der Waals surface area contributed by atoms with E-state index < -0.39 is 6.10 Å². The molecule has 0 radical (unpaired) electrons.